The summed E-state index contributed by atoms with van der Waals surface area (Å²) in [5.41, 5.74) is -1.35. The third-order valence-electron chi connectivity index (χ3n) is 4.29. The van der Waals surface area contributed by atoms with Gasteiger partial charge in [-0.2, -0.15) is 17.5 Å². The van der Waals surface area contributed by atoms with Gasteiger partial charge in [-0.15, -0.1) is 0 Å². The van der Waals surface area contributed by atoms with Crippen molar-refractivity contribution in [3.8, 4) is 0 Å². The van der Waals surface area contributed by atoms with Crippen LogP contribution in [0.2, 0.25) is 0 Å². The maximum Gasteiger partial charge on any atom is 0.434 e. The molecule has 2 heterocycles. The van der Waals surface area contributed by atoms with Gasteiger partial charge in [0, 0.05) is 37.9 Å². The van der Waals surface area contributed by atoms with Crippen molar-refractivity contribution in [3.05, 3.63) is 24.0 Å². The predicted molar refractivity (Wildman–Crippen MR) is 77.2 cm³/mol. The van der Waals surface area contributed by atoms with Gasteiger partial charge in [-0.3, -0.25) is 9.88 Å². The minimum atomic E-state index is -4.80. The van der Waals surface area contributed by atoms with E-state index in [1.807, 2.05) is 0 Å². The molecule has 1 atom stereocenters. The van der Waals surface area contributed by atoms with Crippen LogP contribution in [-0.2, 0) is 16.2 Å². The predicted octanol–water partition coefficient (Wildman–Crippen LogP) is 1.96. The summed E-state index contributed by atoms with van der Waals surface area (Å²) in [6, 6.07) is 2.33. The molecule has 1 aliphatic heterocycles. The van der Waals surface area contributed by atoms with Gasteiger partial charge in [0.15, 0.2) is 5.69 Å². The summed E-state index contributed by atoms with van der Waals surface area (Å²) in [5, 5.41) is 0. The fourth-order valence-electron chi connectivity index (χ4n) is 3.04. The molecule has 1 saturated heterocycles. The molecule has 0 spiro atoms. The molecule has 0 aromatic carbocycles. The molecule has 1 aromatic heterocycles. The molecular weight excluding hydrogens is 331 g/mol. The first-order valence-electron chi connectivity index (χ1n) is 7.49. The number of halogens is 3. The zero-order chi connectivity index (χ0) is 16.8. The molecule has 1 aromatic rings. The number of hydrogen-bond acceptors (Lipinski definition) is 4. The molecule has 2 fully saturated rings. The second-order valence-electron chi connectivity index (χ2n) is 6.04. The first-order valence-corrected chi connectivity index (χ1v) is 8.93. The highest BCUT2D eigenvalue weighted by Crippen LogP contribution is 2.35. The molecule has 1 aliphatic carbocycles. The van der Waals surface area contributed by atoms with Gasteiger partial charge in [-0.05, 0) is 31.9 Å². The third-order valence-corrected chi connectivity index (χ3v) is 6.33. The summed E-state index contributed by atoms with van der Waals surface area (Å²) < 4.78 is 65.8. The quantitative estimate of drug-likeness (QED) is 0.837. The number of hydrogen-bond donors (Lipinski definition) is 0. The highest BCUT2D eigenvalue weighted by atomic mass is 32.2. The second kappa shape index (κ2) is 5.71. The van der Waals surface area contributed by atoms with Crippen LogP contribution in [0.25, 0.3) is 0 Å². The molecule has 0 N–H and O–H groups in total. The fourth-order valence-corrected chi connectivity index (χ4v) is 4.81. The SMILES string of the molecule is CC1CN(C2CC2)CCN1S(=O)(=O)c1cccnc1C(F)(F)F. The van der Waals surface area contributed by atoms with Crippen molar-refractivity contribution >= 4 is 10.0 Å². The van der Waals surface area contributed by atoms with E-state index in [1.165, 1.54) is 6.07 Å². The molecule has 3 rings (SSSR count). The number of alkyl halides is 3. The van der Waals surface area contributed by atoms with Gasteiger partial charge < -0.3 is 0 Å². The average molecular weight is 349 g/mol. The maximum absolute atomic E-state index is 13.1. The lowest BCUT2D eigenvalue weighted by Gasteiger charge is -2.39. The molecule has 23 heavy (non-hydrogen) atoms. The van der Waals surface area contributed by atoms with Crippen LogP contribution in [0.3, 0.4) is 0 Å². The lowest BCUT2D eigenvalue weighted by atomic mass is 10.2. The summed E-state index contributed by atoms with van der Waals surface area (Å²) in [6.45, 7) is 3.03. The minimum Gasteiger partial charge on any atom is -0.297 e. The van der Waals surface area contributed by atoms with Crippen molar-refractivity contribution in [3.63, 3.8) is 0 Å². The number of pyridine rings is 1. The van der Waals surface area contributed by atoms with Crippen LogP contribution in [0, 0.1) is 0 Å². The lowest BCUT2D eigenvalue weighted by molar-refractivity contribution is -0.143. The molecule has 0 radical (unpaired) electrons. The van der Waals surface area contributed by atoms with E-state index in [2.05, 4.69) is 9.88 Å². The van der Waals surface area contributed by atoms with Crippen molar-refractivity contribution in [1.29, 1.82) is 0 Å². The zero-order valence-electron chi connectivity index (χ0n) is 12.6. The standard InChI is InChI=1S/C14H18F3N3O2S/c1-10-9-19(11-4-5-11)7-8-20(10)23(21,22)12-3-2-6-18-13(12)14(15,16)17/h2-3,6,10-11H,4-5,7-9H2,1H3. The van der Waals surface area contributed by atoms with E-state index in [0.29, 0.717) is 19.1 Å². The van der Waals surface area contributed by atoms with Crippen molar-refractivity contribution in [1.82, 2.24) is 14.2 Å². The smallest absolute Gasteiger partial charge is 0.297 e. The maximum atomic E-state index is 13.1. The van der Waals surface area contributed by atoms with Gasteiger partial charge >= 0.3 is 6.18 Å². The van der Waals surface area contributed by atoms with Gasteiger partial charge in [-0.1, -0.05) is 0 Å². The highest BCUT2D eigenvalue weighted by molar-refractivity contribution is 7.89. The first kappa shape index (κ1) is 16.7. The number of nitrogens with zero attached hydrogens (tertiary/aromatic N) is 3. The molecule has 1 unspecified atom stereocenters. The van der Waals surface area contributed by atoms with Crippen LogP contribution in [0.4, 0.5) is 13.2 Å². The molecule has 2 aliphatic rings. The van der Waals surface area contributed by atoms with Crippen molar-refractivity contribution in [2.24, 2.45) is 0 Å². The number of rotatable bonds is 3. The van der Waals surface area contributed by atoms with Crippen LogP contribution in [0.5, 0.6) is 0 Å². The Kier molecular flexibility index (Phi) is 4.14. The molecule has 5 nitrogen and oxygen atoms in total. The summed E-state index contributed by atoms with van der Waals surface area (Å²) >= 11 is 0. The third kappa shape index (κ3) is 3.22. The van der Waals surface area contributed by atoms with Crippen LogP contribution in [0.1, 0.15) is 25.5 Å². The number of aromatic nitrogens is 1. The first-order chi connectivity index (χ1) is 10.7. The van der Waals surface area contributed by atoms with E-state index in [1.54, 1.807) is 6.92 Å². The molecule has 9 heteroatoms. The second-order valence-corrected chi connectivity index (χ2v) is 7.90. The van der Waals surface area contributed by atoms with Crippen molar-refractivity contribution in [2.75, 3.05) is 19.6 Å². The molecule has 0 bridgehead atoms. The van der Waals surface area contributed by atoms with E-state index < -0.39 is 26.8 Å². The molecule has 0 amide bonds. The number of piperazine rings is 1. The van der Waals surface area contributed by atoms with Gasteiger partial charge in [-0.25, -0.2) is 8.42 Å². The Morgan fingerprint density at radius 3 is 2.52 bits per heavy atom. The van der Waals surface area contributed by atoms with E-state index in [4.69, 9.17) is 0 Å². The Morgan fingerprint density at radius 2 is 1.96 bits per heavy atom. The van der Waals surface area contributed by atoms with Gasteiger partial charge in [0.25, 0.3) is 0 Å². The molecule has 1 saturated carbocycles. The minimum absolute atomic E-state index is 0.201. The molecule has 128 valence electrons. The largest absolute Gasteiger partial charge is 0.434 e. The summed E-state index contributed by atoms with van der Waals surface area (Å²) in [7, 11) is -4.23. The van der Waals surface area contributed by atoms with E-state index in [-0.39, 0.29) is 12.6 Å². The Labute approximate surface area is 133 Å². The Morgan fingerprint density at radius 1 is 1.26 bits per heavy atom. The Bertz CT molecular complexity index is 689. The summed E-state index contributed by atoms with van der Waals surface area (Å²) in [6.07, 6.45) is -1.63. The van der Waals surface area contributed by atoms with Gasteiger partial charge in [0.05, 0.1) is 0 Å². The summed E-state index contributed by atoms with van der Waals surface area (Å²) in [5.74, 6) is 0. The van der Waals surface area contributed by atoms with Crippen LogP contribution in [-0.4, -0.2) is 54.3 Å². The topological polar surface area (TPSA) is 53.5 Å². The Hall–Kier alpha value is -1.19. The summed E-state index contributed by atoms with van der Waals surface area (Å²) in [4.78, 5) is 4.70. The fraction of sp³-hybridized carbons (Fsp3) is 0.643. The van der Waals surface area contributed by atoms with Gasteiger partial charge in [0.2, 0.25) is 10.0 Å². The van der Waals surface area contributed by atoms with E-state index in [9.17, 15) is 21.6 Å². The lowest BCUT2D eigenvalue weighted by Crippen LogP contribution is -2.54. The van der Waals surface area contributed by atoms with Crippen LogP contribution >= 0.6 is 0 Å². The van der Waals surface area contributed by atoms with Crippen molar-refractivity contribution in [2.45, 2.75) is 42.9 Å². The monoisotopic (exact) mass is 349 g/mol. The van der Waals surface area contributed by atoms with Crippen LogP contribution < -0.4 is 0 Å². The van der Waals surface area contributed by atoms with E-state index in [0.717, 1.165) is 29.4 Å². The molecular formula is C14H18F3N3O2S. The Balaban J connectivity index is 1.90. The van der Waals surface area contributed by atoms with Gasteiger partial charge in [0.1, 0.15) is 4.90 Å². The highest BCUT2D eigenvalue weighted by Gasteiger charge is 2.43. The van der Waals surface area contributed by atoms with E-state index >= 15 is 0 Å². The normalized spacial score (nSPS) is 24.8. The van der Waals surface area contributed by atoms with Crippen LogP contribution in [0.15, 0.2) is 23.2 Å². The average Bonchev–Trinajstić information content (AvgIpc) is 3.30. The zero-order valence-corrected chi connectivity index (χ0v) is 13.4. The number of sulfonamides is 1. The van der Waals surface area contributed by atoms with Crippen molar-refractivity contribution < 1.29 is 21.6 Å².